The highest BCUT2D eigenvalue weighted by Crippen LogP contribution is 2.20. The number of rotatable bonds is 2. The Morgan fingerprint density at radius 3 is 2.92 bits per heavy atom. The van der Waals surface area contributed by atoms with Crippen LogP contribution in [0.5, 0.6) is 5.75 Å². The average Bonchev–Trinajstić information content (AvgIpc) is 2.03. The molecule has 0 aliphatic heterocycles. The quantitative estimate of drug-likeness (QED) is 0.595. The van der Waals surface area contributed by atoms with Crippen LogP contribution in [0.1, 0.15) is 0 Å². The van der Waals surface area contributed by atoms with Crippen molar-refractivity contribution in [1.29, 1.82) is 0 Å². The zero-order valence-electron chi connectivity index (χ0n) is 6.18. The van der Waals surface area contributed by atoms with Crippen LogP contribution in [0, 0.1) is 21.7 Å². The van der Waals surface area contributed by atoms with Crippen LogP contribution in [0.4, 0.5) is 4.39 Å². The molecular weight excluding hydrogens is 270 g/mol. The molecular formula is C9H6FIO. The van der Waals surface area contributed by atoms with E-state index in [0.717, 1.165) is 3.57 Å². The van der Waals surface area contributed by atoms with Crippen molar-refractivity contribution in [2.24, 2.45) is 0 Å². The van der Waals surface area contributed by atoms with E-state index in [-0.39, 0.29) is 12.4 Å². The summed E-state index contributed by atoms with van der Waals surface area (Å²) in [6, 6.07) is 4.30. The monoisotopic (exact) mass is 276 g/mol. The number of benzene rings is 1. The van der Waals surface area contributed by atoms with E-state index in [0.29, 0.717) is 5.75 Å². The molecule has 0 saturated carbocycles. The molecule has 0 saturated heterocycles. The van der Waals surface area contributed by atoms with Crippen LogP contribution >= 0.6 is 22.6 Å². The van der Waals surface area contributed by atoms with Gasteiger partial charge < -0.3 is 4.74 Å². The molecule has 1 nitrogen and oxygen atoms in total. The van der Waals surface area contributed by atoms with E-state index in [2.05, 4.69) is 5.92 Å². The van der Waals surface area contributed by atoms with E-state index in [9.17, 15) is 4.39 Å². The molecule has 1 aromatic carbocycles. The summed E-state index contributed by atoms with van der Waals surface area (Å²) in [4.78, 5) is 0. The summed E-state index contributed by atoms with van der Waals surface area (Å²) in [5.74, 6) is 2.69. The van der Waals surface area contributed by atoms with Gasteiger partial charge in [-0.05, 0) is 40.8 Å². The fourth-order valence-corrected chi connectivity index (χ4v) is 1.34. The maximum absolute atomic E-state index is 12.6. The van der Waals surface area contributed by atoms with Crippen LogP contribution in [0.3, 0.4) is 0 Å². The van der Waals surface area contributed by atoms with E-state index < -0.39 is 0 Å². The normalized spacial score (nSPS) is 9.08. The third kappa shape index (κ3) is 2.38. The molecule has 0 aliphatic carbocycles. The van der Waals surface area contributed by atoms with Gasteiger partial charge >= 0.3 is 0 Å². The first-order valence-electron chi connectivity index (χ1n) is 3.25. The van der Waals surface area contributed by atoms with Gasteiger partial charge in [0.2, 0.25) is 0 Å². The molecule has 0 spiro atoms. The van der Waals surface area contributed by atoms with E-state index in [1.165, 1.54) is 12.1 Å². The molecule has 12 heavy (non-hydrogen) atoms. The molecule has 0 heterocycles. The van der Waals surface area contributed by atoms with Crippen LogP contribution in [-0.2, 0) is 0 Å². The summed E-state index contributed by atoms with van der Waals surface area (Å²) >= 11 is 1.99. The molecule has 1 rings (SSSR count). The van der Waals surface area contributed by atoms with Crippen molar-refractivity contribution < 1.29 is 9.13 Å². The first-order chi connectivity index (χ1) is 5.74. The molecule has 0 unspecified atom stereocenters. The van der Waals surface area contributed by atoms with Gasteiger partial charge in [-0.2, -0.15) is 0 Å². The second kappa shape index (κ2) is 4.31. The van der Waals surface area contributed by atoms with Crippen molar-refractivity contribution in [2.45, 2.75) is 0 Å². The van der Waals surface area contributed by atoms with Gasteiger partial charge in [0.15, 0.2) is 0 Å². The topological polar surface area (TPSA) is 9.23 Å². The summed E-state index contributed by atoms with van der Waals surface area (Å²) in [5, 5.41) is 0. The second-order valence-corrected chi connectivity index (χ2v) is 3.23. The molecule has 0 aromatic heterocycles. The third-order valence-electron chi connectivity index (χ3n) is 1.20. The molecule has 0 bridgehead atoms. The summed E-state index contributed by atoms with van der Waals surface area (Å²) in [7, 11) is 0. The molecule has 0 N–H and O–H groups in total. The summed E-state index contributed by atoms with van der Waals surface area (Å²) in [5.41, 5.74) is 0. The van der Waals surface area contributed by atoms with E-state index in [1.807, 2.05) is 22.6 Å². The lowest BCUT2D eigenvalue weighted by Gasteiger charge is -2.03. The number of terminal acetylenes is 1. The Morgan fingerprint density at radius 1 is 1.58 bits per heavy atom. The van der Waals surface area contributed by atoms with Crippen molar-refractivity contribution in [1.82, 2.24) is 0 Å². The first kappa shape index (κ1) is 9.33. The van der Waals surface area contributed by atoms with Crippen LogP contribution in [0.25, 0.3) is 0 Å². The fraction of sp³-hybridized carbons (Fsp3) is 0.111. The van der Waals surface area contributed by atoms with Gasteiger partial charge in [-0.15, -0.1) is 6.42 Å². The zero-order valence-corrected chi connectivity index (χ0v) is 8.34. The van der Waals surface area contributed by atoms with Gasteiger partial charge in [-0.3, -0.25) is 0 Å². The Labute approximate surface area is 84.1 Å². The Balaban J connectivity index is 2.81. The predicted molar refractivity (Wildman–Crippen MR) is 53.4 cm³/mol. The molecule has 0 atom stereocenters. The number of hydrogen-bond donors (Lipinski definition) is 0. The molecule has 0 radical (unpaired) electrons. The molecule has 1 aromatic rings. The zero-order chi connectivity index (χ0) is 8.97. The van der Waals surface area contributed by atoms with Crippen molar-refractivity contribution >= 4 is 22.6 Å². The van der Waals surface area contributed by atoms with Crippen LogP contribution in [0.2, 0.25) is 0 Å². The van der Waals surface area contributed by atoms with Gasteiger partial charge in [-0.1, -0.05) is 5.92 Å². The minimum absolute atomic E-state index is 0.210. The molecule has 0 fully saturated rings. The highest BCUT2D eigenvalue weighted by molar-refractivity contribution is 14.1. The molecule has 0 aliphatic rings. The number of hydrogen-bond acceptors (Lipinski definition) is 1. The van der Waals surface area contributed by atoms with Gasteiger partial charge in [0.05, 0.1) is 3.57 Å². The summed E-state index contributed by atoms with van der Waals surface area (Å²) in [6.07, 6.45) is 5.00. The van der Waals surface area contributed by atoms with Crippen LogP contribution in [0.15, 0.2) is 18.2 Å². The minimum Gasteiger partial charge on any atom is -0.480 e. The highest BCUT2D eigenvalue weighted by Gasteiger charge is 2.00. The lowest BCUT2D eigenvalue weighted by atomic mass is 10.3. The second-order valence-electron chi connectivity index (χ2n) is 2.07. The van der Waals surface area contributed by atoms with E-state index >= 15 is 0 Å². The van der Waals surface area contributed by atoms with E-state index in [1.54, 1.807) is 6.07 Å². The Hall–Kier alpha value is -0.760. The Kier molecular flexibility index (Phi) is 3.35. The lowest BCUT2D eigenvalue weighted by Crippen LogP contribution is -1.95. The largest absolute Gasteiger partial charge is 0.480 e. The third-order valence-corrected chi connectivity index (χ3v) is 2.05. The Morgan fingerprint density at radius 2 is 2.33 bits per heavy atom. The SMILES string of the molecule is C#CCOc1ccc(F)cc1I. The van der Waals surface area contributed by atoms with Gasteiger partial charge in [-0.25, -0.2) is 4.39 Å². The van der Waals surface area contributed by atoms with Crippen LogP contribution < -0.4 is 4.74 Å². The van der Waals surface area contributed by atoms with Gasteiger partial charge in [0.1, 0.15) is 18.2 Å². The van der Waals surface area contributed by atoms with Crippen LogP contribution in [-0.4, -0.2) is 6.61 Å². The predicted octanol–water partition coefficient (Wildman–Crippen LogP) is 2.44. The Bertz CT molecular complexity index is 317. The summed E-state index contributed by atoms with van der Waals surface area (Å²) < 4.78 is 18.4. The first-order valence-corrected chi connectivity index (χ1v) is 4.33. The van der Waals surface area contributed by atoms with Gasteiger partial charge in [0.25, 0.3) is 0 Å². The highest BCUT2D eigenvalue weighted by atomic mass is 127. The summed E-state index contributed by atoms with van der Waals surface area (Å²) in [6.45, 7) is 0.210. The van der Waals surface area contributed by atoms with Crippen molar-refractivity contribution in [3.8, 4) is 18.1 Å². The standard InChI is InChI=1S/C9H6FIO/c1-2-5-12-9-4-3-7(10)6-8(9)11/h1,3-4,6H,5H2. The molecule has 3 heteroatoms. The smallest absolute Gasteiger partial charge is 0.148 e. The van der Waals surface area contributed by atoms with Crippen molar-refractivity contribution in [3.05, 3.63) is 27.6 Å². The lowest BCUT2D eigenvalue weighted by molar-refractivity contribution is 0.367. The van der Waals surface area contributed by atoms with Crippen molar-refractivity contribution in [2.75, 3.05) is 6.61 Å². The maximum Gasteiger partial charge on any atom is 0.148 e. The number of ether oxygens (including phenoxy) is 1. The van der Waals surface area contributed by atoms with E-state index in [4.69, 9.17) is 11.2 Å². The maximum atomic E-state index is 12.6. The minimum atomic E-state index is -0.271. The fourth-order valence-electron chi connectivity index (χ4n) is 0.712. The molecule has 0 amide bonds. The average molecular weight is 276 g/mol. The number of halogens is 2. The van der Waals surface area contributed by atoms with Crippen molar-refractivity contribution in [3.63, 3.8) is 0 Å². The molecule has 62 valence electrons. The van der Waals surface area contributed by atoms with Gasteiger partial charge in [0, 0.05) is 0 Å².